The van der Waals surface area contributed by atoms with Crippen molar-refractivity contribution in [3.63, 3.8) is 0 Å². The Hall–Kier alpha value is -1.58. The van der Waals surface area contributed by atoms with Gasteiger partial charge < -0.3 is 5.32 Å². The summed E-state index contributed by atoms with van der Waals surface area (Å²) in [6.07, 6.45) is 0. The largest absolute Gasteiger partial charge is 0.334 e. The van der Waals surface area contributed by atoms with Gasteiger partial charge in [0.1, 0.15) is 5.82 Å². The minimum atomic E-state index is -0.248. The lowest BCUT2D eigenvalue weighted by atomic mass is 10.1. The van der Waals surface area contributed by atoms with Crippen LogP contribution >= 0.6 is 0 Å². The molecule has 0 bridgehead atoms. The molecule has 0 aromatic carbocycles. The van der Waals surface area contributed by atoms with Crippen LogP contribution in [0.4, 0.5) is 4.79 Å². The molecule has 0 saturated carbocycles. The Kier molecular flexibility index (Phi) is 2.28. The van der Waals surface area contributed by atoms with Gasteiger partial charge in [0.2, 0.25) is 0 Å². The first-order chi connectivity index (χ1) is 5.65. The third-order valence-corrected chi connectivity index (χ3v) is 1.62. The van der Waals surface area contributed by atoms with E-state index in [1.165, 1.54) is 0 Å². The highest BCUT2D eigenvalue weighted by molar-refractivity contribution is 5.78. The molecule has 0 aromatic rings. The Bertz CT molecular complexity index is 278. The van der Waals surface area contributed by atoms with Crippen molar-refractivity contribution in [3.8, 4) is 0 Å². The van der Waals surface area contributed by atoms with Gasteiger partial charge in [-0.05, 0) is 19.2 Å². The maximum Gasteiger partial charge on any atom is 0.320 e. The summed E-state index contributed by atoms with van der Waals surface area (Å²) >= 11 is 0. The number of urea groups is 1. The minimum absolute atomic E-state index is 0.248. The number of amides is 2. The van der Waals surface area contributed by atoms with Gasteiger partial charge in [0.05, 0.1) is 0 Å². The first-order valence-electron chi connectivity index (χ1n) is 3.55. The highest BCUT2D eigenvalue weighted by Crippen LogP contribution is 2.13. The summed E-state index contributed by atoms with van der Waals surface area (Å²) in [4.78, 5) is 14.5. The Labute approximate surface area is 71.1 Å². The van der Waals surface area contributed by atoms with E-state index in [1.54, 1.807) is 0 Å². The van der Waals surface area contributed by atoms with Crippen molar-refractivity contribution in [1.82, 2.24) is 10.6 Å². The zero-order valence-corrected chi connectivity index (χ0v) is 6.98. The first kappa shape index (κ1) is 8.52. The number of aliphatic imine (C=N–C) groups is 1. The van der Waals surface area contributed by atoms with Gasteiger partial charge in [-0.2, -0.15) is 0 Å². The van der Waals surface area contributed by atoms with E-state index in [-0.39, 0.29) is 6.03 Å². The summed E-state index contributed by atoms with van der Waals surface area (Å²) < 4.78 is 0. The molecule has 4 nitrogen and oxygen atoms in total. The summed E-state index contributed by atoms with van der Waals surface area (Å²) in [5, 5.41) is 5.16. The van der Waals surface area contributed by atoms with Crippen LogP contribution in [0.25, 0.3) is 0 Å². The van der Waals surface area contributed by atoms with Crippen LogP contribution in [0.5, 0.6) is 0 Å². The lowest BCUT2D eigenvalue weighted by Gasteiger charge is -2.19. The van der Waals surface area contributed by atoms with Crippen LogP contribution in [0.3, 0.4) is 0 Å². The minimum Gasteiger partial charge on any atom is -0.334 e. The number of carbonyl (C=O) groups is 1. The zero-order chi connectivity index (χ0) is 9.14. The maximum absolute atomic E-state index is 10.8. The summed E-state index contributed by atoms with van der Waals surface area (Å²) in [6, 6.07) is -0.248. The van der Waals surface area contributed by atoms with Gasteiger partial charge in [-0.1, -0.05) is 6.58 Å². The van der Waals surface area contributed by atoms with Gasteiger partial charge in [0.15, 0.2) is 0 Å². The van der Waals surface area contributed by atoms with E-state index < -0.39 is 0 Å². The molecule has 0 saturated heterocycles. The number of carbonyl (C=O) groups excluding carboxylic acids is 1. The van der Waals surface area contributed by atoms with Gasteiger partial charge in [0.25, 0.3) is 0 Å². The van der Waals surface area contributed by atoms with E-state index in [9.17, 15) is 4.79 Å². The van der Waals surface area contributed by atoms with Crippen LogP contribution in [-0.4, -0.2) is 19.3 Å². The number of nitrogens with zero attached hydrogens (tertiary/aromatic N) is 1. The van der Waals surface area contributed by atoms with Crippen LogP contribution in [0.2, 0.25) is 0 Å². The molecule has 0 radical (unpaired) electrons. The van der Waals surface area contributed by atoms with Gasteiger partial charge in [-0.15, -0.1) is 0 Å². The molecule has 64 valence electrons. The Morgan fingerprint density at radius 1 is 1.67 bits per heavy atom. The van der Waals surface area contributed by atoms with Crippen molar-refractivity contribution < 1.29 is 4.79 Å². The van der Waals surface area contributed by atoms with Crippen molar-refractivity contribution in [3.05, 3.63) is 23.5 Å². The lowest BCUT2D eigenvalue weighted by molar-refractivity contribution is 0.242. The second-order valence-electron chi connectivity index (χ2n) is 2.57. The molecule has 0 atom stereocenters. The molecule has 0 aliphatic carbocycles. The van der Waals surface area contributed by atoms with E-state index in [2.05, 4.69) is 28.9 Å². The van der Waals surface area contributed by atoms with Crippen molar-refractivity contribution in [2.24, 2.45) is 4.99 Å². The highest BCUT2D eigenvalue weighted by atomic mass is 16.2. The summed E-state index contributed by atoms with van der Waals surface area (Å²) in [6.45, 7) is 9.45. The topological polar surface area (TPSA) is 53.5 Å². The second kappa shape index (κ2) is 3.21. The lowest BCUT2D eigenvalue weighted by Crippen LogP contribution is -2.41. The molecular formula is C8H11N3O. The molecule has 2 N–H and O–H groups in total. The van der Waals surface area contributed by atoms with Gasteiger partial charge in [0, 0.05) is 12.1 Å². The number of hydrogen-bond donors (Lipinski definition) is 2. The summed E-state index contributed by atoms with van der Waals surface area (Å²) in [7, 11) is 0. The fraction of sp³-hybridized carbons (Fsp3) is 0.250. The van der Waals surface area contributed by atoms with Crippen LogP contribution in [-0.2, 0) is 0 Å². The quantitative estimate of drug-likeness (QED) is 0.584. The number of hydrogen-bond acceptors (Lipinski definition) is 2. The fourth-order valence-corrected chi connectivity index (χ4v) is 0.968. The molecule has 0 fully saturated rings. The predicted molar refractivity (Wildman–Crippen MR) is 47.9 cm³/mol. The van der Waals surface area contributed by atoms with E-state index in [0.717, 1.165) is 11.1 Å². The fourth-order valence-electron chi connectivity index (χ4n) is 0.968. The van der Waals surface area contributed by atoms with Crippen molar-refractivity contribution in [2.45, 2.75) is 6.92 Å². The molecule has 1 aliphatic rings. The normalized spacial score (nSPS) is 16.6. The van der Waals surface area contributed by atoms with Gasteiger partial charge in [-0.3, -0.25) is 5.32 Å². The summed E-state index contributed by atoms with van der Waals surface area (Å²) in [5.74, 6) is 0.506. The van der Waals surface area contributed by atoms with Gasteiger partial charge >= 0.3 is 6.03 Å². The molecule has 4 heteroatoms. The number of nitrogens with one attached hydrogen (secondary N) is 2. The van der Waals surface area contributed by atoms with Crippen LogP contribution < -0.4 is 10.6 Å². The van der Waals surface area contributed by atoms with Crippen LogP contribution in [0, 0.1) is 0 Å². The molecule has 0 aromatic heterocycles. The van der Waals surface area contributed by atoms with Crippen molar-refractivity contribution >= 4 is 12.7 Å². The van der Waals surface area contributed by atoms with E-state index >= 15 is 0 Å². The molecule has 1 heterocycles. The third-order valence-electron chi connectivity index (χ3n) is 1.62. The average molecular weight is 165 g/mol. The van der Waals surface area contributed by atoms with E-state index in [1.807, 2.05) is 6.92 Å². The standard InChI is InChI=1S/C8H11N3O/c1-5(2)6-4-10-8(12)11-7(6)9-3/h1,3-4H2,2H3,(H2,10,11,12). The first-order valence-corrected chi connectivity index (χ1v) is 3.55. The molecule has 0 unspecified atom stereocenters. The molecule has 2 amide bonds. The Morgan fingerprint density at radius 2 is 2.33 bits per heavy atom. The molecule has 12 heavy (non-hydrogen) atoms. The molecule has 0 spiro atoms. The smallest absolute Gasteiger partial charge is 0.320 e. The van der Waals surface area contributed by atoms with E-state index in [4.69, 9.17) is 0 Å². The van der Waals surface area contributed by atoms with Crippen LogP contribution in [0.15, 0.2) is 28.5 Å². The summed E-state index contributed by atoms with van der Waals surface area (Å²) in [5.41, 5.74) is 1.77. The number of rotatable bonds is 2. The SMILES string of the molecule is C=NC1=C(C(=C)C)CNC(=O)N1. The monoisotopic (exact) mass is 165 g/mol. The molecular weight excluding hydrogens is 154 g/mol. The zero-order valence-electron chi connectivity index (χ0n) is 6.98. The van der Waals surface area contributed by atoms with Gasteiger partial charge in [-0.25, -0.2) is 9.79 Å². The third kappa shape index (κ3) is 1.53. The maximum atomic E-state index is 10.8. The Balaban J connectivity index is 2.98. The predicted octanol–water partition coefficient (Wildman–Crippen LogP) is 0.787. The Morgan fingerprint density at radius 3 is 2.83 bits per heavy atom. The van der Waals surface area contributed by atoms with E-state index in [0.29, 0.717) is 12.4 Å². The van der Waals surface area contributed by atoms with Crippen molar-refractivity contribution in [1.29, 1.82) is 0 Å². The molecule has 1 aliphatic heterocycles. The second-order valence-corrected chi connectivity index (χ2v) is 2.57. The average Bonchev–Trinajstić information content (AvgIpc) is 2.03. The van der Waals surface area contributed by atoms with Crippen LogP contribution in [0.1, 0.15) is 6.92 Å². The molecule has 1 rings (SSSR count). The van der Waals surface area contributed by atoms with Crippen molar-refractivity contribution in [2.75, 3.05) is 6.54 Å². The highest BCUT2D eigenvalue weighted by Gasteiger charge is 2.15.